The highest BCUT2D eigenvalue weighted by Crippen LogP contribution is 2.24. The molecule has 0 unspecified atom stereocenters. The number of hydrogen-bond donors (Lipinski definition) is 1. The van der Waals surface area contributed by atoms with Crippen LogP contribution < -0.4 is 4.72 Å². The Morgan fingerprint density at radius 1 is 1.16 bits per heavy atom. The predicted molar refractivity (Wildman–Crippen MR) is 97.1 cm³/mol. The van der Waals surface area contributed by atoms with E-state index in [2.05, 4.69) is 23.5 Å². The average molecular weight is 365 g/mol. The lowest BCUT2D eigenvalue weighted by molar-refractivity contribution is 0.0594. The first-order valence-corrected chi connectivity index (χ1v) is 10.4. The second kappa shape index (κ2) is 7.05. The third-order valence-corrected chi connectivity index (χ3v) is 6.50. The van der Waals surface area contributed by atoms with Gasteiger partial charge < -0.3 is 4.90 Å². The van der Waals surface area contributed by atoms with Gasteiger partial charge in [0.1, 0.15) is 0 Å². The first-order valence-electron chi connectivity index (χ1n) is 8.94. The van der Waals surface area contributed by atoms with Crippen molar-refractivity contribution in [1.82, 2.24) is 14.5 Å². The zero-order valence-electron chi connectivity index (χ0n) is 15.2. The zero-order chi connectivity index (χ0) is 18.2. The summed E-state index contributed by atoms with van der Waals surface area (Å²) in [7, 11) is -3.55. The fourth-order valence-corrected chi connectivity index (χ4v) is 4.43. The van der Waals surface area contributed by atoms with E-state index in [1.165, 1.54) is 6.07 Å². The maximum atomic E-state index is 12.9. The molecule has 0 bridgehead atoms. The quantitative estimate of drug-likeness (QED) is 0.861. The fraction of sp³-hybridized carbons (Fsp3) is 0.611. The highest BCUT2D eigenvalue weighted by Gasteiger charge is 2.29. The summed E-state index contributed by atoms with van der Waals surface area (Å²) in [5.74, 6) is -0.0793. The van der Waals surface area contributed by atoms with Gasteiger partial charge in [0.05, 0.1) is 4.90 Å². The summed E-state index contributed by atoms with van der Waals surface area (Å²) >= 11 is 0. The molecule has 0 radical (unpaired) electrons. The number of benzene rings is 1. The maximum absolute atomic E-state index is 12.9. The van der Waals surface area contributed by atoms with Crippen molar-refractivity contribution in [3.8, 4) is 0 Å². The van der Waals surface area contributed by atoms with Crippen molar-refractivity contribution in [1.29, 1.82) is 0 Å². The van der Waals surface area contributed by atoms with E-state index in [4.69, 9.17) is 0 Å². The van der Waals surface area contributed by atoms with E-state index in [0.717, 1.165) is 31.5 Å². The van der Waals surface area contributed by atoms with Gasteiger partial charge in [-0.1, -0.05) is 6.07 Å². The van der Waals surface area contributed by atoms with E-state index in [1.807, 2.05) is 11.8 Å². The highest BCUT2D eigenvalue weighted by atomic mass is 32.2. The number of carbonyl (C=O) groups excluding carboxylic acids is 1. The minimum atomic E-state index is -3.55. The Kier molecular flexibility index (Phi) is 5.18. The van der Waals surface area contributed by atoms with Crippen LogP contribution in [-0.2, 0) is 10.0 Å². The molecule has 25 heavy (non-hydrogen) atoms. The Morgan fingerprint density at radius 3 is 2.36 bits per heavy atom. The van der Waals surface area contributed by atoms with Gasteiger partial charge in [0, 0.05) is 43.8 Å². The van der Waals surface area contributed by atoms with E-state index >= 15 is 0 Å². The van der Waals surface area contributed by atoms with Crippen LogP contribution in [0.2, 0.25) is 0 Å². The third kappa shape index (κ3) is 4.22. The molecule has 138 valence electrons. The molecule has 1 saturated carbocycles. The Labute approximate surface area is 150 Å². The summed E-state index contributed by atoms with van der Waals surface area (Å²) in [5, 5.41) is 0. The second-order valence-corrected chi connectivity index (χ2v) is 9.01. The summed E-state index contributed by atoms with van der Waals surface area (Å²) < 4.78 is 27.5. The van der Waals surface area contributed by atoms with Crippen LogP contribution in [0.25, 0.3) is 0 Å². The predicted octanol–water partition coefficient (Wildman–Crippen LogP) is 1.60. The number of carbonyl (C=O) groups is 1. The van der Waals surface area contributed by atoms with Gasteiger partial charge in [-0.3, -0.25) is 9.69 Å². The minimum Gasteiger partial charge on any atom is -0.336 e. The molecule has 0 aromatic heterocycles. The van der Waals surface area contributed by atoms with Gasteiger partial charge in [0.25, 0.3) is 5.91 Å². The molecule has 1 heterocycles. The van der Waals surface area contributed by atoms with Crippen LogP contribution in [0.3, 0.4) is 0 Å². The second-order valence-electron chi connectivity index (χ2n) is 7.29. The number of aryl methyl sites for hydroxylation is 1. The first kappa shape index (κ1) is 18.4. The maximum Gasteiger partial charge on any atom is 0.254 e. The Balaban J connectivity index is 1.77. The van der Waals surface area contributed by atoms with E-state index in [1.54, 1.807) is 12.1 Å². The molecular formula is C18H27N3O3S. The Morgan fingerprint density at radius 2 is 1.80 bits per heavy atom. The normalized spacial score (nSPS) is 19.4. The molecule has 1 saturated heterocycles. The molecule has 2 aliphatic rings. The Bertz CT molecular complexity index is 749. The third-order valence-electron chi connectivity index (χ3n) is 4.98. The van der Waals surface area contributed by atoms with Crippen LogP contribution in [0.4, 0.5) is 0 Å². The number of amides is 1. The van der Waals surface area contributed by atoms with Crippen LogP contribution in [0.15, 0.2) is 23.1 Å². The van der Waals surface area contributed by atoms with E-state index < -0.39 is 10.0 Å². The largest absolute Gasteiger partial charge is 0.336 e. The number of rotatable bonds is 5. The van der Waals surface area contributed by atoms with Crippen molar-refractivity contribution in [2.45, 2.75) is 50.6 Å². The van der Waals surface area contributed by atoms with E-state index in [-0.39, 0.29) is 16.8 Å². The lowest BCUT2D eigenvalue weighted by Crippen LogP contribution is -2.50. The van der Waals surface area contributed by atoms with Gasteiger partial charge in [-0.2, -0.15) is 0 Å². The molecule has 0 spiro atoms. The summed E-state index contributed by atoms with van der Waals surface area (Å²) in [6, 6.07) is 5.35. The molecule has 1 aliphatic carbocycles. The zero-order valence-corrected chi connectivity index (χ0v) is 16.0. The molecule has 1 aromatic carbocycles. The van der Waals surface area contributed by atoms with Crippen molar-refractivity contribution in [2.75, 3.05) is 26.2 Å². The van der Waals surface area contributed by atoms with E-state index in [0.29, 0.717) is 24.7 Å². The molecule has 7 heteroatoms. The Hall–Kier alpha value is -1.44. The molecule has 6 nitrogen and oxygen atoms in total. The highest BCUT2D eigenvalue weighted by molar-refractivity contribution is 7.89. The number of nitrogens with one attached hydrogen (secondary N) is 1. The van der Waals surface area contributed by atoms with Crippen molar-refractivity contribution in [3.05, 3.63) is 29.3 Å². The number of nitrogens with zero attached hydrogens (tertiary/aromatic N) is 2. The van der Waals surface area contributed by atoms with Gasteiger partial charge in [-0.25, -0.2) is 13.1 Å². The average Bonchev–Trinajstić information content (AvgIpc) is 3.37. The summed E-state index contributed by atoms with van der Waals surface area (Å²) in [6.45, 7) is 9.21. The molecule has 1 aliphatic heterocycles. The number of sulfonamides is 1. The summed E-state index contributed by atoms with van der Waals surface area (Å²) in [5.41, 5.74) is 1.29. The van der Waals surface area contributed by atoms with Gasteiger partial charge in [0.2, 0.25) is 10.0 Å². The fourth-order valence-electron chi connectivity index (χ4n) is 3.10. The number of hydrogen-bond acceptors (Lipinski definition) is 4. The SMILES string of the molecule is Cc1ccc(S(=O)(=O)NC2CC2)cc1C(=O)N1CCN(C(C)C)CC1. The van der Waals surface area contributed by atoms with Crippen molar-refractivity contribution in [3.63, 3.8) is 0 Å². The minimum absolute atomic E-state index is 0.0505. The monoisotopic (exact) mass is 365 g/mol. The lowest BCUT2D eigenvalue weighted by Gasteiger charge is -2.37. The van der Waals surface area contributed by atoms with Crippen LogP contribution in [0.1, 0.15) is 42.6 Å². The summed E-state index contributed by atoms with van der Waals surface area (Å²) in [4.78, 5) is 17.2. The van der Waals surface area contributed by atoms with Gasteiger partial charge >= 0.3 is 0 Å². The molecule has 1 amide bonds. The van der Waals surface area contributed by atoms with Crippen molar-refractivity contribution < 1.29 is 13.2 Å². The van der Waals surface area contributed by atoms with Crippen LogP contribution >= 0.6 is 0 Å². The van der Waals surface area contributed by atoms with Gasteiger partial charge in [0.15, 0.2) is 0 Å². The van der Waals surface area contributed by atoms with Gasteiger partial charge in [-0.15, -0.1) is 0 Å². The molecule has 2 fully saturated rings. The van der Waals surface area contributed by atoms with E-state index in [9.17, 15) is 13.2 Å². The summed E-state index contributed by atoms with van der Waals surface area (Å²) in [6.07, 6.45) is 1.77. The molecule has 0 atom stereocenters. The smallest absolute Gasteiger partial charge is 0.254 e. The lowest BCUT2D eigenvalue weighted by atomic mass is 10.1. The molecular weight excluding hydrogens is 338 g/mol. The molecule has 1 N–H and O–H groups in total. The van der Waals surface area contributed by atoms with Crippen LogP contribution in [-0.4, -0.2) is 62.4 Å². The molecule has 3 rings (SSSR count). The van der Waals surface area contributed by atoms with Gasteiger partial charge in [-0.05, 0) is 51.3 Å². The van der Waals surface area contributed by atoms with Crippen molar-refractivity contribution in [2.24, 2.45) is 0 Å². The van der Waals surface area contributed by atoms with Crippen LogP contribution in [0, 0.1) is 6.92 Å². The van der Waals surface area contributed by atoms with Crippen molar-refractivity contribution >= 4 is 15.9 Å². The standard InChI is InChI=1S/C18H27N3O3S/c1-13(2)20-8-10-21(11-9-20)18(22)17-12-16(7-4-14(17)3)25(23,24)19-15-5-6-15/h4,7,12-13,15,19H,5-6,8-11H2,1-3H3. The number of piperazine rings is 1. The first-order chi connectivity index (χ1) is 11.8. The topological polar surface area (TPSA) is 69.7 Å². The molecule has 1 aromatic rings. The van der Waals surface area contributed by atoms with Crippen LogP contribution in [0.5, 0.6) is 0 Å².